The van der Waals surface area contributed by atoms with E-state index in [4.69, 9.17) is 5.26 Å². The van der Waals surface area contributed by atoms with Gasteiger partial charge in [-0.2, -0.15) is 10.4 Å². The van der Waals surface area contributed by atoms with Crippen LogP contribution in [-0.4, -0.2) is 15.7 Å². The molecule has 25 heavy (non-hydrogen) atoms. The van der Waals surface area contributed by atoms with Crippen LogP contribution in [0.4, 0.5) is 0 Å². The van der Waals surface area contributed by atoms with Gasteiger partial charge in [0, 0.05) is 17.3 Å². The number of aliphatic carboxylic acids is 1. The van der Waals surface area contributed by atoms with Crippen molar-refractivity contribution in [2.24, 2.45) is 0 Å². The first kappa shape index (κ1) is 16.2. The zero-order valence-corrected chi connectivity index (χ0v) is 13.5. The van der Waals surface area contributed by atoms with Crippen LogP contribution in [0.2, 0.25) is 0 Å². The van der Waals surface area contributed by atoms with Crippen LogP contribution >= 0.6 is 0 Å². The molecule has 0 N–H and O–H groups in total. The van der Waals surface area contributed by atoms with E-state index in [1.54, 1.807) is 16.9 Å². The van der Waals surface area contributed by atoms with Gasteiger partial charge in [0.2, 0.25) is 0 Å². The maximum absolute atomic E-state index is 11.1. The van der Waals surface area contributed by atoms with Crippen LogP contribution in [0.25, 0.3) is 23.0 Å². The number of hydrogen-bond acceptors (Lipinski definition) is 4. The molecule has 0 unspecified atom stereocenters. The Bertz CT molecular complexity index is 995. The van der Waals surface area contributed by atoms with Gasteiger partial charge in [0.15, 0.2) is 0 Å². The van der Waals surface area contributed by atoms with Gasteiger partial charge >= 0.3 is 0 Å². The maximum Gasteiger partial charge on any atom is 0.101 e. The number of benzene rings is 2. The SMILES string of the molecule is Cc1ccccc1-n1cc(/C=C(\C#N)C(=O)[O-])c(-c2ccccc2)n1. The number of carbonyl (C=O) groups excluding carboxylic acids is 1. The lowest BCUT2D eigenvalue weighted by Gasteiger charge is -2.04. The van der Waals surface area contributed by atoms with Crippen molar-refractivity contribution in [1.82, 2.24) is 9.78 Å². The number of aromatic nitrogens is 2. The van der Waals surface area contributed by atoms with E-state index in [0.717, 1.165) is 16.8 Å². The minimum absolute atomic E-state index is 0.443. The zero-order valence-electron chi connectivity index (χ0n) is 13.5. The highest BCUT2D eigenvalue weighted by atomic mass is 16.4. The van der Waals surface area contributed by atoms with Gasteiger partial charge in [-0.15, -0.1) is 0 Å². The summed E-state index contributed by atoms with van der Waals surface area (Å²) in [5.74, 6) is -1.51. The Morgan fingerprint density at radius 2 is 1.84 bits per heavy atom. The number of carboxylic acid groups (broad SMARTS) is 1. The van der Waals surface area contributed by atoms with Gasteiger partial charge in [-0.25, -0.2) is 4.68 Å². The van der Waals surface area contributed by atoms with Crippen molar-refractivity contribution in [2.45, 2.75) is 6.92 Å². The molecule has 0 aliphatic heterocycles. The average Bonchev–Trinajstić information content (AvgIpc) is 3.04. The van der Waals surface area contributed by atoms with Crippen molar-refractivity contribution in [3.63, 3.8) is 0 Å². The maximum atomic E-state index is 11.1. The molecule has 5 heteroatoms. The second-order valence-electron chi connectivity index (χ2n) is 5.49. The third-order valence-electron chi connectivity index (χ3n) is 3.79. The van der Waals surface area contributed by atoms with Crippen LogP contribution in [-0.2, 0) is 4.79 Å². The molecule has 0 spiro atoms. The first-order valence-corrected chi connectivity index (χ1v) is 7.64. The number of hydrogen-bond donors (Lipinski definition) is 0. The van der Waals surface area contributed by atoms with Gasteiger partial charge in [0.1, 0.15) is 6.07 Å². The molecule has 0 aliphatic carbocycles. The molecule has 0 amide bonds. The van der Waals surface area contributed by atoms with Crippen molar-refractivity contribution >= 4 is 12.0 Å². The summed E-state index contributed by atoms with van der Waals surface area (Å²) >= 11 is 0. The van der Waals surface area contributed by atoms with E-state index in [1.807, 2.05) is 61.5 Å². The molecular weight excluding hydrogens is 314 g/mol. The number of para-hydroxylation sites is 1. The van der Waals surface area contributed by atoms with E-state index in [-0.39, 0.29) is 0 Å². The molecule has 5 nitrogen and oxygen atoms in total. The van der Waals surface area contributed by atoms with E-state index in [2.05, 4.69) is 5.10 Å². The molecule has 0 radical (unpaired) electrons. The summed E-state index contributed by atoms with van der Waals surface area (Å²) in [5.41, 5.74) is 3.43. The molecule has 0 saturated heterocycles. The van der Waals surface area contributed by atoms with Crippen LogP contribution in [0.3, 0.4) is 0 Å². The average molecular weight is 328 g/mol. The normalized spacial score (nSPS) is 11.1. The van der Waals surface area contributed by atoms with Gasteiger partial charge in [-0.1, -0.05) is 48.5 Å². The molecule has 0 saturated carbocycles. The summed E-state index contributed by atoms with van der Waals surface area (Å²) < 4.78 is 1.69. The van der Waals surface area contributed by atoms with Crippen LogP contribution in [0.1, 0.15) is 11.1 Å². The van der Waals surface area contributed by atoms with E-state index >= 15 is 0 Å². The number of nitrogens with zero attached hydrogens (tertiary/aromatic N) is 3. The standard InChI is InChI=1S/C20H15N3O2/c1-14-7-5-6-10-18(14)23-13-17(11-16(12-21)20(24)25)19(22-23)15-8-3-2-4-9-15/h2-11,13H,1H3,(H,24,25)/p-1/b16-11+. The van der Waals surface area contributed by atoms with Crippen LogP contribution in [0.5, 0.6) is 0 Å². The third-order valence-corrected chi connectivity index (χ3v) is 3.79. The molecule has 3 aromatic rings. The van der Waals surface area contributed by atoms with Crippen molar-refractivity contribution in [3.05, 3.63) is 77.5 Å². The molecule has 0 aliphatic rings. The molecule has 0 bridgehead atoms. The predicted molar refractivity (Wildman–Crippen MR) is 92.3 cm³/mol. The second kappa shape index (κ2) is 6.85. The van der Waals surface area contributed by atoms with E-state index in [9.17, 15) is 9.90 Å². The highest BCUT2D eigenvalue weighted by Gasteiger charge is 2.12. The first-order chi connectivity index (χ1) is 12.1. The lowest BCUT2D eigenvalue weighted by molar-refractivity contribution is -0.298. The van der Waals surface area contributed by atoms with Crippen molar-refractivity contribution in [2.75, 3.05) is 0 Å². The quantitative estimate of drug-likeness (QED) is 0.544. The zero-order chi connectivity index (χ0) is 17.8. The molecule has 1 aromatic heterocycles. The molecule has 2 aromatic carbocycles. The molecule has 0 atom stereocenters. The molecule has 122 valence electrons. The molecule has 1 heterocycles. The number of rotatable bonds is 4. The Balaban J connectivity index is 2.21. The monoisotopic (exact) mass is 328 g/mol. The van der Waals surface area contributed by atoms with E-state index in [1.165, 1.54) is 6.08 Å². The topological polar surface area (TPSA) is 81.7 Å². The Morgan fingerprint density at radius 3 is 2.48 bits per heavy atom. The van der Waals surface area contributed by atoms with Gasteiger partial charge in [-0.05, 0) is 24.6 Å². The Labute approximate surface area is 145 Å². The summed E-state index contributed by atoms with van der Waals surface area (Å²) in [6.07, 6.45) is 3.00. The van der Waals surface area contributed by atoms with Gasteiger partial charge < -0.3 is 9.90 Å². The fourth-order valence-corrected chi connectivity index (χ4v) is 2.55. The third kappa shape index (κ3) is 3.33. The summed E-state index contributed by atoms with van der Waals surface area (Å²) in [6, 6.07) is 18.8. The summed E-state index contributed by atoms with van der Waals surface area (Å²) in [7, 11) is 0. The van der Waals surface area contributed by atoms with Crippen LogP contribution in [0.15, 0.2) is 66.4 Å². The fourth-order valence-electron chi connectivity index (χ4n) is 2.55. The number of carbonyl (C=O) groups is 1. The van der Waals surface area contributed by atoms with Crippen molar-refractivity contribution < 1.29 is 9.90 Å². The molecule has 3 rings (SSSR count). The number of aryl methyl sites for hydroxylation is 1. The lowest BCUT2D eigenvalue weighted by Crippen LogP contribution is -2.23. The first-order valence-electron chi connectivity index (χ1n) is 7.64. The van der Waals surface area contributed by atoms with Crippen molar-refractivity contribution in [3.8, 4) is 23.0 Å². The predicted octanol–water partition coefficient (Wildman–Crippen LogP) is 2.50. The Kier molecular flexibility index (Phi) is 4.44. The lowest BCUT2D eigenvalue weighted by atomic mass is 10.1. The van der Waals surface area contributed by atoms with Gasteiger partial charge in [0.05, 0.1) is 22.9 Å². The number of carboxylic acids is 1. The van der Waals surface area contributed by atoms with Crippen LogP contribution < -0.4 is 5.11 Å². The van der Waals surface area contributed by atoms with E-state index < -0.39 is 11.5 Å². The molecular formula is C20H14N3O2-. The van der Waals surface area contributed by atoms with Crippen LogP contribution in [0, 0.1) is 18.3 Å². The fraction of sp³-hybridized carbons (Fsp3) is 0.0500. The Morgan fingerprint density at radius 1 is 1.16 bits per heavy atom. The smallest absolute Gasteiger partial charge is 0.101 e. The largest absolute Gasteiger partial charge is 0.544 e. The summed E-state index contributed by atoms with van der Waals surface area (Å²) in [4.78, 5) is 11.1. The van der Waals surface area contributed by atoms with Gasteiger partial charge in [-0.3, -0.25) is 0 Å². The minimum Gasteiger partial charge on any atom is -0.544 e. The Hall–Kier alpha value is -3.65. The van der Waals surface area contributed by atoms with E-state index in [0.29, 0.717) is 11.3 Å². The summed E-state index contributed by atoms with van der Waals surface area (Å²) in [5, 5.41) is 24.7. The number of nitriles is 1. The highest BCUT2D eigenvalue weighted by Crippen LogP contribution is 2.26. The van der Waals surface area contributed by atoms with Gasteiger partial charge in [0.25, 0.3) is 0 Å². The second-order valence-corrected chi connectivity index (χ2v) is 5.49. The summed E-state index contributed by atoms with van der Waals surface area (Å²) in [6.45, 7) is 1.97. The van der Waals surface area contributed by atoms with Crippen molar-refractivity contribution in [1.29, 1.82) is 5.26 Å². The molecule has 0 fully saturated rings. The minimum atomic E-state index is -1.51. The highest BCUT2D eigenvalue weighted by molar-refractivity contribution is 5.96.